The highest BCUT2D eigenvalue weighted by molar-refractivity contribution is 7.99. The van der Waals surface area contributed by atoms with Gasteiger partial charge in [0.25, 0.3) is 0 Å². The number of hydrogen-bond donors (Lipinski definition) is 2. The molecule has 0 fully saturated rings. The molecule has 0 saturated carbocycles. The van der Waals surface area contributed by atoms with Crippen molar-refractivity contribution < 1.29 is 0 Å². The lowest BCUT2D eigenvalue weighted by Crippen LogP contribution is -2.30. The van der Waals surface area contributed by atoms with Crippen molar-refractivity contribution in [3.8, 4) is 0 Å². The Kier molecular flexibility index (Phi) is 6.51. The van der Waals surface area contributed by atoms with E-state index >= 15 is 0 Å². The molecule has 0 aromatic heterocycles. The van der Waals surface area contributed by atoms with Gasteiger partial charge in [-0.2, -0.15) is 23.5 Å². The summed E-state index contributed by atoms with van der Waals surface area (Å²) in [4.78, 5) is 0. The highest BCUT2D eigenvalue weighted by Crippen LogP contribution is 2.10. The van der Waals surface area contributed by atoms with Gasteiger partial charge in [-0.05, 0) is 12.5 Å². The van der Waals surface area contributed by atoms with Crippen molar-refractivity contribution in [1.29, 1.82) is 0 Å². The number of thioether (sulfide) groups is 2. The summed E-state index contributed by atoms with van der Waals surface area (Å²) in [6.07, 6.45) is 4.07. The fourth-order valence-electron chi connectivity index (χ4n) is 0.797. The second kappa shape index (κ2) is 6.51. The summed E-state index contributed by atoms with van der Waals surface area (Å²) in [5, 5.41) is 1.60. The molecular weight excluding hydrogens is 190 g/mol. The Balaban J connectivity index is 4.32. The standard InChI is InChI=1S/C7H17N3S2/c1-10(9)7(5-12-3)6(8)4-11-2/h4-5,8-9H2,1-3H3/b7-6-. The Morgan fingerprint density at radius 2 is 1.75 bits per heavy atom. The van der Waals surface area contributed by atoms with Gasteiger partial charge in [-0.3, -0.25) is 0 Å². The molecule has 0 aliphatic heterocycles. The molecule has 0 atom stereocenters. The third kappa shape index (κ3) is 4.13. The second-order valence-electron chi connectivity index (χ2n) is 2.45. The normalized spacial score (nSPS) is 12.7. The minimum absolute atomic E-state index is 0.845. The Labute approximate surface area is 82.9 Å². The van der Waals surface area contributed by atoms with E-state index in [1.54, 1.807) is 28.5 Å². The minimum Gasteiger partial charge on any atom is -0.400 e. The first-order chi connectivity index (χ1) is 5.63. The Morgan fingerprint density at radius 1 is 1.25 bits per heavy atom. The molecule has 0 saturated heterocycles. The molecular formula is C7H17N3S2. The van der Waals surface area contributed by atoms with Crippen LogP contribution in [0.25, 0.3) is 0 Å². The van der Waals surface area contributed by atoms with Crippen molar-refractivity contribution in [3.05, 3.63) is 11.4 Å². The summed E-state index contributed by atoms with van der Waals surface area (Å²) in [7, 11) is 1.82. The van der Waals surface area contributed by atoms with Gasteiger partial charge in [-0.25, -0.2) is 5.84 Å². The molecule has 0 heterocycles. The van der Waals surface area contributed by atoms with Gasteiger partial charge >= 0.3 is 0 Å². The molecule has 0 amide bonds. The molecule has 4 N–H and O–H groups in total. The zero-order valence-corrected chi connectivity index (χ0v) is 9.47. The van der Waals surface area contributed by atoms with Crippen LogP contribution >= 0.6 is 23.5 Å². The van der Waals surface area contributed by atoms with Gasteiger partial charge in [0.05, 0.1) is 5.70 Å². The average molecular weight is 207 g/mol. The molecule has 0 bridgehead atoms. The van der Waals surface area contributed by atoms with E-state index in [0.29, 0.717) is 0 Å². The predicted octanol–water partition coefficient (Wildman–Crippen LogP) is 0.688. The van der Waals surface area contributed by atoms with E-state index in [2.05, 4.69) is 0 Å². The van der Waals surface area contributed by atoms with Crippen LogP contribution in [0.1, 0.15) is 0 Å². The number of nitrogens with zero attached hydrogens (tertiary/aromatic N) is 1. The van der Waals surface area contributed by atoms with Crippen molar-refractivity contribution in [1.82, 2.24) is 5.01 Å². The summed E-state index contributed by atoms with van der Waals surface area (Å²) in [6, 6.07) is 0. The molecule has 12 heavy (non-hydrogen) atoms. The fraction of sp³-hybridized carbons (Fsp3) is 0.714. The van der Waals surface area contributed by atoms with Gasteiger partial charge < -0.3 is 10.7 Å². The van der Waals surface area contributed by atoms with Gasteiger partial charge in [0.1, 0.15) is 0 Å². The Bertz CT molecular complexity index is 157. The largest absolute Gasteiger partial charge is 0.400 e. The maximum absolute atomic E-state index is 5.84. The maximum Gasteiger partial charge on any atom is 0.0582 e. The van der Waals surface area contributed by atoms with Crippen LogP contribution in [0.4, 0.5) is 0 Å². The Morgan fingerprint density at radius 3 is 2.08 bits per heavy atom. The van der Waals surface area contributed by atoms with Crippen molar-refractivity contribution >= 4 is 23.5 Å². The minimum atomic E-state index is 0.845. The van der Waals surface area contributed by atoms with Crippen LogP contribution in [-0.2, 0) is 0 Å². The van der Waals surface area contributed by atoms with Gasteiger partial charge in [0.2, 0.25) is 0 Å². The van der Waals surface area contributed by atoms with Crippen LogP contribution < -0.4 is 11.6 Å². The first-order valence-electron chi connectivity index (χ1n) is 3.57. The molecule has 0 aromatic carbocycles. The predicted molar refractivity (Wildman–Crippen MR) is 59.9 cm³/mol. The Hall–Kier alpha value is -0.0000000000000000763. The number of hydrazine groups is 1. The first-order valence-corrected chi connectivity index (χ1v) is 6.36. The second-order valence-corrected chi connectivity index (χ2v) is 4.18. The molecule has 0 unspecified atom stereocenters. The van der Waals surface area contributed by atoms with E-state index in [1.807, 2.05) is 19.6 Å². The zero-order valence-electron chi connectivity index (χ0n) is 7.83. The van der Waals surface area contributed by atoms with E-state index in [0.717, 1.165) is 22.9 Å². The summed E-state index contributed by atoms with van der Waals surface area (Å²) >= 11 is 3.43. The van der Waals surface area contributed by atoms with Crippen molar-refractivity contribution in [2.75, 3.05) is 31.1 Å². The van der Waals surface area contributed by atoms with Crippen molar-refractivity contribution in [2.24, 2.45) is 11.6 Å². The van der Waals surface area contributed by atoms with Crippen molar-refractivity contribution in [3.63, 3.8) is 0 Å². The molecule has 5 heteroatoms. The van der Waals surface area contributed by atoms with Gasteiger partial charge in [0.15, 0.2) is 0 Å². The smallest absolute Gasteiger partial charge is 0.0582 e. The van der Waals surface area contributed by atoms with Crippen LogP contribution in [0, 0.1) is 0 Å². The monoisotopic (exact) mass is 207 g/mol. The molecule has 72 valence electrons. The topological polar surface area (TPSA) is 55.3 Å². The van der Waals surface area contributed by atoms with Crippen LogP contribution in [-0.4, -0.2) is 36.1 Å². The van der Waals surface area contributed by atoms with Gasteiger partial charge in [0, 0.05) is 24.3 Å². The quantitative estimate of drug-likeness (QED) is 0.513. The van der Waals surface area contributed by atoms with Gasteiger partial charge in [-0.15, -0.1) is 0 Å². The fourth-order valence-corrected chi connectivity index (χ4v) is 1.94. The summed E-state index contributed by atoms with van der Waals surface area (Å²) in [5.74, 6) is 7.35. The number of nitrogens with two attached hydrogens (primary N) is 2. The van der Waals surface area contributed by atoms with Crippen LogP contribution in [0.5, 0.6) is 0 Å². The highest BCUT2D eigenvalue weighted by Gasteiger charge is 2.04. The number of hydrogen-bond acceptors (Lipinski definition) is 5. The maximum atomic E-state index is 5.84. The van der Waals surface area contributed by atoms with Gasteiger partial charge in [-0.1, -0.05) is 0 Å². The van der Waals surface area contributed by atoms with Crippen LogP contribution in [0.2, 0.25) is 0 Å². The van der Waals surface area contributed by atoms with E-state index in [4.69, 9.17) is 11.6 Å². The SMILES string of the molecule is CSC/C(N)=C(\CSC)N(C)N. The highest BCUT2D eigenvalue weighted by atomic mass is 32.2. The lowest BCUT2D eigenvalue weighted by molar-refractivity contribution is 0.438. The molecule has 0 rings (SSSR count). The molecule has 3 nitrogen and oxygen atoms in total. The number of rotatable bonds is 5. The lowest BCUT2D eigenvalue weighted by Gasteiger charge is -2.18. The molecule has 0 spiro atoms. The van der Waals surface area contributed by atoms with Crippen LogP contribution in [0.3, 0.4) is 0 Å². The van der Waals surface area contributed by atoms with Crippen LogP contribution in [0.15, 0.2) is 11.4 Å². The third-order valence-electron chi connectivity index (χ3n) is 1.38. The molecule has 0 radical (unpaired) electrons. The first kappa shape index (κ1) is 12.0. The lowest BCUT2D eigenvalue weighted by atomic mass is 10.4. The molecule has 0 aromatic rings. The zero-order chi connectivity index (χ0) is 9.56. The summed E-state index contributed by atoms with van der Waals surface area (Å²) < 4.78 is 0. The summed E-state index contributed by atoms with van der Waals surface area (Å²) in [5.41, 5.74) is 7.74. The molecule has 0 aliphatic rings. The summed E-state index contributed by atoms with van der Waals surface area (Å²) in [6.45, 7) is 0. The van der Waals surface area contributed by atoms with E-state index < -0.39 is 0 Å². The van der Waals surface area contributed by atoms with E-state index in [-0.39, 0.29) is 0 Å². The van der Waals surface area contributed by atoms with E-state index in [1.165, 1.54) is 0 Å². The molecule has 0 aliphatic carbocycles. The average Bonchev–Trinajstić information content (AvgIpc) is 1.99. The van der Waals surface area contributed by atoms with Crippen molar-refractivity contribution in [2.45, 2.75) is 0 Å². The third-order valence-corrected chi connectivity index (χ3v) is 2.54. The van der Waals surface area contributed by atoms with E-state index in [9.17, 15) is 0 Å².